The maximum Gasteiger partial charge on any atom is 0.196 e. The van der Waals surface area contributed by atoms with Crippen LogP contribution in [0, 0.1) is 0 Å². The van der Waals surface area contributed by atoms with Gasteiger partial charge in [0.2, 0.25) is 0 Å². The van der Waals surface area contributed by atoms with Gasteiger partial charge in [0.05, 0.1) is 12.6 Å². The molecule has 0 spiro atoms. The molecule has 3 nitrogen and oxygen atoms in total. The smallest absolute Gasteiger partial charge is 0.196 e. The van der Waals surface area contributed by atoms with Crippen LogP contribution in [0.2, 0.25) is 0 Å². The van der Waals surface area contributed by atoms with Gasteiger partial charge >= 0.3 is 0 Å². The van der Waals surface area contributed by atoms with Gasteiger partial charge in [-0.3, -0.25) is 4.99 Å². The third kappa shape index (κ3) is 1.93. The van der Waals surface area contributed by atoms with E-state index in [2.05, 4.69) is 49.4 Å². The van der Waals surface area contributed by atoms with Gasteiger partial charge in [-0.1, -0.05) is 18.2 Å². The number of anilines is 1. The molecule has 1 aliphatic rings. The fraction of sp³-hybridized carbons (Fsp3) is 0.154. The van der Waals surface area contributed by atoms with E-state index in [0.717, 1.165) is 10.2 Å². The first-order chi connectivity index (χ1) is 8.77. The Bertz CT molecular complexity index is 579. The predicted molar refractivity (Wildman–Crippen MR) is 80.2 cm³/mol. The second-order valence-corrected chi connectivity index (χ2v) is 5.86. The van der Waals surface area contributed by atoms with Gasteiger partial charge in [0.15, 0.2) is 5.96 Å². The average Bonchev–Trinajstić information content (AvgIpc) is 2.96. The molecule has 0 fully saturated rings. The minimum Gasteiger partial charge on any atom is -0.369 e. The molecule has 2 aromatic rings. The van der Waals surface area contributed by atoms with Crippen LogP contribution in [-0.4, -0.2) is 12.5 Å². The van der Waals surface area contributed by atoms with Gasteiger partial charge in [-0.05, 0) is 39.5 Å². The van der Waals surface area contributed by atoms with Crippen LogP contribution >= 0.6 is 27.3 Å². The number of thiophene rings is 1. The SMILES string of the molecule is NC1=NCC(c2sccc2Br)N1c1ccccc1. The number of rotatable bonds is 2. The quantitative estimate of drug-likeness (QED) is 0.921. The standard InChI is InChI=1S/C13H12BrN3S/c14-10-6-7-18-12(10)11-8-16-13(15)17(11)9-4-2-1-3-5-9/h1-7,11H,8H2,(H2,15,16). The second kappa shape index (κ2) is 4.74. The van der Waals surface area contributed by atoms with Crippen molar-refractivity contribution in [2.45, 2.75) is 6.04 Å². The highest BCUT2D eigenvalue weighted by Gasteiger charge is 2.30. The van der Waals surface area contributed by atoms with E-state index in [1.165, 1.54) is 4.88 Å². The molecule has 1 atom stereocenters. The van der Waals surface area contributed by atoms with Crippen LogP contribution in [0.5, 0.6) is 0 Å². The molecule has 1 unspecified atom stereocenters. The zero-order chi connectivity index (χ0) is 12.5. The maximum absolute atomic E-state index is 6.02. The van der Waals surface area contributed by atoms with Crippen molar-refractivity contribution >= 4 is 38.9 Å². The number of benzene rings is 1. The Balaban J connectivity index is 2.00. The van der Waals surface area contributed by atoms with Crippen molar-refractivity contribution in [3.05, 3.63) is 51.1 Å². The van der Waals surface area contributed by atoms with Gasteiger partial charge in [0.25, 0.3) is 0 Å². The average molecular weight is 322 g/mol. The van der Waals surface area contributed by atoms with Crippen molar-refractivity contribution < 1.29 is 0 Å². The van der Waals surface area contributed by atoms with Crippen LogP contribution in [0.25, 0.3) is 0 Å². The Morgan fingerprint density at radius 1 is 1.28 bits per heavy atom. The highest BCUT2D eigenvalue weighted by atomic mass is 79.9. The lowest BCUT2D eigenvalue weighted by molar-refractivity contribution is 0.781. The number of nitrogens with two attached hydrogens (primary N) is 1. The van der Waals surface area contributed by atoms with Crippen molar-refractivity contribution in [3.8, 4) is 0 Å². The first-order valence-electron chi connectivity index (χ1n) is 5.64. The summed E-state index contributed by atoms with van der Waals surface area (Å²) in [6, 6.07) is 12.4. The minimum atomic E-state index is 0.196. The number of hydrogen-bond donors (Lipinski definition) is 1. The Morgan fingerprint density at radius 3 is 2.72 bits per heavy atom. The molecule has 92 valence electrons. The van der Waals surface area contributed by atoms with Crippen LogP contribution in [0.4, 0.5) is 5.69 Å². The summed E-state index contributed by atoms with van der Waals surface area (Å²) in [6.07, 6.45) is 0. The number of guanidine groups is 1. The van der Waals surface area contributed by atoms with E-state index < -0.39 is 0 Å². The summed E-state index contributed by atoms with van der Waals surface area (Å²) in [5, 5.41) is 2.08. The Labute approximate surface area is 118 Å². The van der Waals surface area contributed by atoms with E-state index in [4.69, 9.17) is 5.73 Å². The van der Waals surface area contributed by atoms with E-state index in [-0.39, 0.29) is 6.04 Å². The summed E-state index contributed by atoms with van der Waals surface area (Å²) in [4.78, 5) is 7.74. The molecular weight excluding hydrogens is 310 g/mol. The highest BCUT2D eigenvalue weighted by molar-refractivity contribution is 9.10. The molecule has 18 heavy (non-hydrogen) atoms. The fourth-order valence-corrected chi connectivity index (χ4v) is 3.86. The van der Waals surface area contributed by atoms with Crippen LogP contribution in [0.1, 0.15) is 10.9 Å². The third-order valence-corrected chi connectivity index (χ3v) is 4.94. The maximum atomic E-state index is 6.02. The summed E-state index contributed by atoms with van der Waals surface area (Å²) >= 11 is 5.32. The van der Waals surface area contributed by atoms with Gasteiger partial charge in [0.1, 0.15) is 0 Å². The summed E-state index contributed by atoms with van der Waals surface area (Å²) in [7, 11) is 0. The van der Waals surface area contributed by atoms with E-state index in [1.807, 2.05) is 18.2 Å². The molecule has 1 aromatic carbocycles. The lowest BCUT2D eigenvalue weighted by atomic mass is 10.2. The van der Waals surface area contributed by atoms with E-state index in [9.17, 15) is 0 Å². The number of aliphatic imine (C=N–C) groups is 1. The number of para-hydroxylation sites is 1. The lowest BCUT2D eigenvalue weighted by Crippen LogP contribution is -2.35. The molecule has 5 heteroatoms. The van der Waals surface area contributed by atoms with Crippen molar-refractivity contribution in [1.29, 1.82) is 0 Å². The molecule has 1 aromatic heterocycles. The van der Waals surface area contributed by atoms with Crippen LogP contribution in [0.15, 0.2) is 51.2 Å². The number of halogens is 1. The molecule has 0 aliphatic carbocycles. The van der Waals surface area contributed by atoms with Crippen molar-refractivity contribution in [1.82, 2.24) is 0 Å². The van der Waals surface area contributed by atoms with Crippen LogP contribution in [-0.2, 0) is 0 Å². The van der Waals surface area contributed by atoms with Gasteiger partial charge in [-0.2, -0.15) is 0 Å². The normalized spacial score (nSPS) is 19.1. The van der Waals surface area contributed by atoms with E-state index in [1.54, 1.807) is 11.3 Å². The molecule has 2 N–H and O–H groups in total. The monoisotopic (exact) mass is 321 g/mol. The van der Waals surface area contributed by atoms with Gasteiger partial charge in [0, 0.05) is 15.0 Å². The molecule has 0 amide bonds. The molecule has 0 radical (unpaired) electrons. The van der Waals surface area contributed by atoms with Crippen molar-refractivity contribution in [2.24, 2.45) is 10.7 Å². The van der Waals surface area contributed by atoms with Crippen LogP contribution < -0.4 is 10.6 Å². The third-order valence-electron chi connectivity index (χ3n) is 2.97. The van der Waals surface area contributed by atoms with Gasteiger partial charge in [-0.15, -0.1) is 11.3 Å². The second-order valence-electron chi connectivity index (χ2n) is 4.05. The fourth-order valence-electron chi connectivity index (χ4n) is 2.14. The zero-order valence-electron chi connectivity index (χ0n) is 9.58. The molecule has 2 heterocycles. The Hall–Kier alpha value is -1.33. The Kier molecular flexibility index (Phi) is 3.09. The molecule has 1 aliphatic heterocycles. The topological polar surface area (TPSA) is 41.6 Å². The van der Waals surface area contributed by atoms with Crippen molar-refractivity contribution in [3.63, 3.8) is 0 Å². The first kappa shape index (κ1) is 11.7. The summed E-state index contributed by atoms with van der Waals surface area (Å²) in [5.74, 6) is 0.589. The summed E-state index contributed by atoms with van der Waals surface area (Å²) < 4.78 is 1.13. The number of hydrogen-bond acceptors (Lipinski definition) is 4. The number of nitrogens with zero attached hydrogens (tertiary/aromatic N) is 2. The largest absolute Gasteiger partial charge is 0.369 e. The summed E-state index contributed by atoms with van der Waals surface area (Å²) in [6.45, 7) is 0.708. The van der Waals surface area contributed by atoms with E-state index >= 15 is 0 Å². The van der Waals surface area contributed by atoms with Gasteiger partial charge in [-0.25, -0.2) is 0 Å². The molecule has 3 rings (SSSR count). The van der Waals surface area contributed by atoms with Crippen LogP contribution in [0.3, 0.4) is 0 Å². The lowest BCUT2D eigenvalue weighted by Gasteiger charge is -2.25. The molecule has 0 bridgehead atoms. The van der Waals surface area contributed by atoms with Crippen molar-refractivity contribution in [2.75, 3.05) is 11.4 Å². The van der Waals surface area contributed by atoms with E-state index in [0.29, 0.717) is 12.5 Å². The minimum absolute atomic E-state index is 0.196. The highest BCUT2D eigenvalue weighted by Crippen LogP contribution is 2.37. The van der Waals surface area contributed by atoms with Gasteiger partial charge < -0.3 is 10.6 Å². The zero-order valence-corrected chi connectivity index (χ0v) is 12.0. The molecule has 0 saturated heterocycles. The first-order valence-corrected chi connectivity index (χ1v) is 7.31. The predicted octanol–water partition coefficient (Wildman–Crippen LogP) is 3.39. The summed E-state index contributed by atoms with van der Waals surface area (Å²) in [5.41, 5.74) is 7.11. The molecular formula is C13H12BrN3S. The Morgan fingerprint density at radius 2 is 2.06 bits per heavy atom. The molecule has 0 saturated carbocycles.